The van der Waals surface area contributed by atoms with Gasteiger partial charge in [-0.15, -0.1) is 0 Å². The first-order valence-corrected chi connectivity index (χ1v) is 6.19. The molecular formula is C12H23N3O. The van der Waals surface area contributed by atoms with Crippen LogP contribution < -0.4 is 0 Å². The SMILES string of the molecule is CCCn1ncnc1CCCC(O)C(C)C. The number of aliphatic hydroxyl groups is 1. The van der Waals surface area contributed by atoms with Crippen LogP contribution in [-0.4, -0.2) is 26.0 Å². The van der Waals surface area contributed by atoms with Gasteiger partial charge in [0, 0.05) is 13.0 Å². The van der Waals surface area contributed by atoms with Crippen LogP contribution in [0, 0.1) is 5.92 Å². The Hall–Kier alpha value is -0.900. The fourth-order valence-corrected chi connectivity index (χ4v) is 1.68. The third-order valence-electron chi connectivity index (χ3n) is 2.80. The molecule has 0 saturated heterocycles. The maximum atomic E-state index is 9.68. The molecule has 16 heavy (non-hydrogen) atoms. The second kappa shape index (κ2) is 6.63. The van der Waals surface area contributed by atoms with Gasteiger partial charge in [0.25, 0.3) is 0 Å². The third kappa shape index (κ3) is 3.93. The second-order valence-corrected chi connectivity index (χ2v) is 4.60. The van der Waals surface area contributed by atoms with Gasteiger partial charge in [-0.2, -0.15) is 5.10 Å². The molecule has 1 aromatic rings. The minimum Gasteiger partial charge on any atom is -0.393 e. The van der Waals surface area contributed by atoms with E-state index in [-0.39, 0.29) is 6.10 Å². The first kappa shape index (κ1) is 13.2. The molecule has 0 aliphatic carbocycles. The van der Waals surface area contributed by atoms with Crippen molar-refractivity contribution in [3.63, 3.8) is 0 Å². The average Bonchev–Trinajstić information content (AvgIpc) is 2.66. The summed E-state index contributed by atoms with van der Waals surface area (Å²) in [6, 6.07) is 0. The molecule has 1 heterocycles. The Bertz CT molecular complexity index is 296. The Balaban J connectivity index is 2.34. The van der Waals surface area contributed by atoms with Crippen molar-refractivity contribution in [3.8, 4) is 0 Å². The van der Waals surface area contributed by atoms with Gasteiger partial charge in [0.15, 0.2) is 0 Å². The van der Waals surface area contributed by atoms with Gasteiger partial charge in [-0.25, -0.2) is 4.98 Å². The standard InChI is InChI=1S/C12H23N3O/c1-4-8-15-12(13-9-14-15)7-5-6-11(16)10(2)3/h9-11,16H,4-8H2,1-3H3. The molecule has 92 valence electrons. The van der Waals surface area contributed by atoms with Crippen molar-refractivity contribution in [1.29, 1.82) is 0 Å². The summed E-state index contributed by atoms with van der Waals surface area (Å²) >= 11 is 0. The number of hydrogen-bond acceptors (Lipinski definition) is 3. The number of aliphatic hydroxyl groups excluding tert-OH is 1. The van der Waals surface area contributed by atoms with E-state index in [1.54, 1.807) is 6.33 Å². The lowest BCUT2D eigenvalue weighted by atomic mass is 10.0. The summed E-state index contributed by atoms with van der Waals surface area (Å²) in [5, 5.41) is 13.9. The van der Waals surface area contributed by atoms with Crippen LogP contribution in [-0.2, 0) is 13.0 Å². The number of nitrogens with zero attached hydrogens (tertiary/aromatic N) is 3. The Morgan fingerprint density at radius 2 is 2.19 bits per heavy atom. The predicted octanol–water partition coefficient (Wildman–Crippen LogP) is 2.03. The Morgan fingerprint density at radius 1 is 1.44 bits per heavy atom. The van der Waals surface area contributed by atoms with E-state index in [2.05, 4.69) is 17.0 Å². The van der Waals surface area contributed by atoms with Crippen molar-refractivity contribution >= 4 is 0 Å². The summed E-state index contributed by atoms with van der Waals surface area (Å²) < 4.78 is 1.96. The van der Waals surface area contributed by atoms with Crippen LogP contribution in [0.4, 0.5) is 0 Å². The fourth-order valence-electron chi connectivity index (χ4n) is 1.68. The molecule has 0 radical (unpaired) electrons. The van der Waals surface area contributed by atoms with Crippen LogP contribution in [0.1, 0.15) is 45.9 Å². The maximum absolute atomic E-state index is 9.68. The molecule has 1 unspecified atom stereocenters. The number of aryl methyl sites for hydroxylation is 2. The van der Waals surface area contributed by atoms with Gasteiger partial charge in [-0.1, -0.05) is 20.8 Å². The maximum Gasteiger partial charge on any atom is 0.138 e. The van der Waals surface area contributed by atoms with Crippen molar-refractivity contribution in [1.82, 2.24) is 14.8 Å². The summed E-state index contributed by atoms with van der Waals surface area (Å²) in [6.45, 7) is 7.16. The molecule has 1 rings (SSSR count). The van der Waals surface area contributed by atoms with Crippen LogP contribution in [0.15, 0.2) is 6.33 Å². The van der Waals surface area contributed by atoms with Crippen molar-refractivity contribution < 1.29 is 5.11 Å². The smallest absolute Gasteiger partial charge is 0.138 e. The summed E-state index contributed by atoms with van der Waals surface area (Å²) in [7, 11) is 0. The molecule has 0 fully saturated rings. The highest BCUT2D eigenvalue weighted by atomic mass is 16.3. The van der Waals surface area contributed by atoms with E-state index in [0.717, 1.165) is 38.1 Å². The molecule has 0 saturated carbocycles. The van der Waals surface area contributed by atoms with E-state index in [9.17, 15) is 5.11 Å². The summed E-state index contributed by atoms with van der Waals surface area (Å²) in [4.78, 5) is 4.25. The molecule has 0 spiro atoms. The molecule has 4 nitrogen and oxygen atoms in total. The number of hydrogen-bond donors (Lipinski definition) is 1. The molecule has 4 heteroatoms. The molecule has 0 aromatic carbocycles. The highest BCUT2D eigenvalue weighted by molar-refractivity contribution is 4.84. The van der Waals surface area contributed by atoms with Gasteiger partial charge < -0.3 is 5.11 Å². The lowest BCUT2D eigenvalue weighted by Gasteiger charge is -2.13. The Morgan fingerprint density at radius 3 is 2.81 bits per heavy atom. The summed E-state index contributed by atoms with van der Waals surface area (Å²) in [6.07, 6.45) is 5.22. The van der Waals surface area contributed by atoms with Crippen LogP contribution in [0.25, 0.3) is 0 Å². The number of aromatic nitrogens is 3. The van der Waals surface area contributed by atoms with Crippen LogP contribution >= 0.6 is 0 Å². The van der Waals surface area contributed by atoms with E-state index >= 15 is 0 Å². The molecule has 1 atom stereocenters. The highest BCUT2D eigenvalue weighted by Gasteiger charge is 2.10. The van der Waals surface area contributed by atoms with Crippen molar-refractivity contribution in [3.05, 3.63) is 12.2 Å². The van der Waals surface area contributed by atoms with Gasteiger partial charge >= 0.3 is 0 Å². The van der Waals surface area contributed by atoms with Gasteiger partial charge in [0.05, 0.1) is 6.10 Å². The lowest BCUT2D eigenvalue weighted by Crippen LogP contribution is -2.15. The quantitative estimate of drug-likeness (QED) is 0.772. The molecule has 0 bridgehead atoms. The van der Waals surface area contributed by atoms with Crippen molar-refractivity contribution in [2.24, 2.45) is 5.92 Å². The normalized spacial score (nSPS) is 13.3. The highest BCUT2D eigenvalue weighted by Crippen LogP contribution is 2.10. The van der Waals surface area contributed by atoms with E-state index in [1.807, 2.05) is 18.5 Å². The lowest BCUT2D eigenvalue weighted by molar-refractivity contribution is 0.114. The topological polar surface area (TPSA) is 50.9 Å². The zero-order valence-corrected chi connectivity index (χ0v) is 10.6. The molecular weight excluding hydrogens is 202 g/mol. The van der Waals surface area contributed by atoms with E-state index in [4.69, 9.17) is 0 Å². The molecule has 1 aromatic heterocycles. The molecule has 0 aliphatic rings. The third-order valence-corrected chi connectivity index (χ3v) is 2.80. The zero-order chi connectivity index (χ0) is 12.0. The predicted molar refractivity (Wildman–Crippen MR) is 64.1 cm³/mol. The van der Waals surface area contributed by atoms with E-state index in [0.29, 0.717) is 5.92 Å². The second-order valence-electron chi connectivity index (χ2n) is 4.60. The Kier molecular flexibility index (Phi) is 5.46. The Labute approximate surface area is 97.7 Å². The average molecular weight is 225 g/mol. The van der Waals surface area contributed by atoms with Gasteiger partial charge in [0.2, 0.25) is 0 Å². The summed E-state index contributed by atoms with van der Waals surface area (Å²) in [5.41, 5.74) is 0. The van der Waals surface area contributed by atoms with Crippen LogP contribution in [0.3, 0.4) is 0 Å². The first-order valence-electron chi connectivity index (χ1n) is 6.19. The zero-order valence-electron chi connectivity index (χ0n) is 10.6. The summed E-state index contributed by atoms with van der Waals surface area (Å²) in [5.74, 6) is 1.38. The first-order chi connectivity index (χ1) is 7.65. The fraction of sp³-hybridized carbons (Fsp3) is 0.833. The van der Waals surface area contributed by atoms with Gasteiger partial charge in [-0.3, -0.25) is 4.68 Å². The van der Waals surface area contributed by atoms with Crippen LogP contribution in [0.5, 0.6) is 0 Å². The minimum absolute atomic E-state index is 0.192. The monoisotopic (exact) mass is 225 g/mol. The molecule has 0 amide bonds. The largest absolute Gasteiger partial charge is 0.393 e. The van der Waals surface area contributed by atoms with Crippen molar-refractivity contribution in [2.75, 3.05) is 0 Å². The van der Waals surface area contributed by atoms with Gasteiger partial charge in [-0.05, 0) is 25.2 Å². The van der Waals surface area contributed by atoms with Gasteiger partial charge in [0.1, 0.15) is 12.2 Å². The van der Waals surface area contributed by atoms with Crippen LogP contribution in [0.2, 0.25) is 0 Å². The molecule has 0 aliphatic heterocycles. The minimum atomic E-state index is -0.192. The van der Waals surface area contributed by atoms with Crippen molar-refractivity contribution in [2.45, 2.75) is 59.1 Å². The number of rotatable bonds is 7. The van der Waals surface area contributed by atoms with E-state index in [1.165, 1.54) is 0 Å². The molecule has 1 N–H and O–H groups in total. The van der Waals surface area contributed by atoms with E-state index < -0.39 is 0 Å².